The second-order valence-electron chi connectivity index (χ2n) is 3.98. The topological polar surface area (TPSA) is 28.7 Å². The summed E-state index contributed by atoms with van der Waals surface area (Å²) in [6, 6.07) is 3.50. The first kappa shape index (κ1) is 14.2. The van der Waals surface area contributed by atoms with Crippen LogP contribution in [0.2, 0.25) is 5.02 Å². The van der Waals surface area contributed by atoms with Crippen molar-refractivity contribution in [1.29, 1.82) is 0 Å². The van der Waals surface area contributed by atoms with Crippen LogP contribution in [0.4, 0.5) is 13.2 Å². The van der Waals surface area contributed by atoms with E-state index in [1.54, 1.807) is 6.92 Å². The predicted octanol–water partition coefficient (Wildman–Crippen LogP) is 4.80. The van der Waals surface area contributed by atoms with Gasteiger partial charge in [0, 0.05) is 11.3 Å². The highest BCUT2D eigenvalue weighted by Crippen LogP contribution is 2.36. The first-order valence-electron chi connectivity index (χ1n) is 5.31. The summed E-state index contributed by atoms with van der Waals surface area (Å²) < 4.78 is 37.7. The molecule has 2 nitrogen and oxygen atoms in total. The van der Waals surface area contributed by atoms with E-state index < -0.39 is 11.7 Å². The molecule has 19 heavy (non-hydrogen) atoms. The van der Waals surface area contributed by atoms with Gasteiger partial charge in [0.2, 0.25) is 0 Å². The highest BCUT2D eigenvalue weighted by Gasteiger charge is 2.33. The molecule has 1 heterocycles. The molecule has 0 unspecified atom stereocenters. The van der Waals surface area contributed by atoms with Crippen molar-refractivity contribution in [1.82, 2.24) is 9.97 Å². The van der Waals surface area contributed by atoms with Crippen molar-refractivity contribution in [2.24, 2.45) is 0 Å². The molecule has 0 aliphatic heterocycles. The zero-order valence-corrected chi connectivity index (χ0v) is 11.3. The van der Waals surface area contributed by atoms with Crippen molar-refractivity contribution in [3.8, 4) is 11.4 Å². The van der Waals surface area contributed by atoms with E-state index in [2.05, 4.69) is 9.97 Å². The molecule has 0 amide bonds. The lowest BCUT2D eigenvalue weighted by Crippen LogP contribution is -2.05. The fraction of sp³-hybridized carbons (Fsp3) is 0.250. The lowest BCUT2D eigenvalue weighted by molar-refractivity contribution is -0.137. The number of halogens is 5. The summed E-state index contributed by atoms with van der Waals surface area (Å²) in [7, 11) is 0. The fourth-order valence-corrected chi connectivity index (χ4v) is 2.20. The Bertz CT molecular complexity index is 606. The molecular weight excluding hydrogens is 300 g/mol. The quantitative estimate of drug-likeness (QED) is 0.793. The zero-order chi connectivity index (χ0) is 14.2. The van der Waals surface area contributed by atoms with Crippen LogP contribution in [-0.2, 0) is 12.1 Å². The summed E-state index contributed by atoms with van der Waals surface area (Å²) in [6.45, 7) is 1.79. The van der Waals surface area contributed by atoms with Crippen LogP contribution < -0.4 is 0 Å². The molecule has 0 radical (unpaired) electrons. The molecular formula is C12H9Cl2F3N2. The van der Waals surface area contributed by atoms with E-state index in [4.69, 9.17) is 23.2 Å². The van der Waals surface area contributed by atoms with Crippen molar-refractivity contribution >= 4 is 23.2 Å². The van der Waals surface area contributed by atoms with E-state index in [0.717, 1.165) is 11.8 Å². The van der Waals surface area contributed by atoms with Gasteiger partial charge in [-0.2, -0.15) is 13.2 Å². The molecule has 0 fully saturated rings. The van der Waals surface area contributed by atoms with Crippen LogP contribution in [0.5, 0.6) is 0 Å². The number of nitrogens with zero attached hydrogens (tertiary/aromatic N) is 1. The first-order valence-corrected chi connectivity index (χ1v) is 6.22. The third-order valence-electron chi connectivity index (χ3n) is 2.66. The summed E-state index contributed by atoms with van der Waals surface area (Å²) in [5.74, 6) is 0.681. The number of benzene rings is 1. The van der Waals surface area contributed by atoms with Crippen molar-refractivity contribution in [2.45, 2.75) is 19.0 Å². The van der Waals surface area contributed by atoms with E-state index in [1.807, 2.05) is 0 Å². The van der Waals surface area contributed by atoms with Crippen LogP contribution in [0.25, 0.3) is 11.4 Å². The van der Waals surface area contributed by atoms with Crippen molar-refractivity contribution < 1.29 is 13.2 Å². The number of aryl methyl sites for hydroxylation is 1. The fourth-order valence-electron chi connectivity index (χ4n) is 1.66. The first-order chi connectivity index (χ1) is 8.82. The molecule has 1 N–H and O–H groups in total. The minimum Gasteiger partial charge on any atom is -0.342 e. The highest BCUT2D eigenvalue weighted by atomic mass is 35.5. The SMILES string of the molecule is Cc1[nH]c(-c2ccc(C(F)(F)F)c(Cl)c2)nc1CCl. The average Bonchev–Trinajstić information content (AvgIpc) is 2.68. The standard InChI is InChI=1S/C12H9Cl2F3N2/c1-6-10(5-13)19-11(18-6)7-2-3-8(9(14)4-7)12(15,16)17/h2-4H,5H2,1H3,(H,18,19). The average molecular weight is 309 g/mol. The van der Waals surface area contributed by atoms with E-state index in [9.17, 15) is 13.2 Å². The Labute approximate surface area is 117 Å². The molecule has 1 aromatic carbocycles. The third kappa shape index (κ3) is 2.87. The molecule has 0 atom stereocenters. The number of nitrogens with one attached hydrogen (secondary N) is 1. The second-order valence-corrected chi connectivity index (χ2v) is 4.66. The minimum absolute atomic E-state index is 0.233. The van der Waals surface area contributed by atoms with Gasteiger partial charge in [0.1, 0.15) is 5.82 Å². The van der Waals surface area contributed by atoms with Gasteiger partial charge in [-0.05, 0) is 19.1 Å². The second kappa shape index (κ2) is 5.06. The van der Waals surface area contributed by atoms with Gasteiger partial charge < -0.3 is 4.98 Å². The van der Waals surface area contributed by atoms with Gasteiger partial charge in [-0.25, -0.2) is 4.98 Å². The van der Waals surface area contributed by atoms with E-state index in [0.29, 0.717) is 17.1 Å². The van der Waals surface area contributed by atoms with Gasteiger partial charge in [0.15, 0.2) is 0 Å². The highest BCUT2D eigenvalue weighted by molar-refractivity contribution is 6.31. The molecule has 0 aliphatic rings. The molecule has 2 rings (SSSR count). The Morgan fingerprint density at radius 3 is 2.47 bits per heavy atom. The van der Waals surface area contributed by atoms with Crippen LogP contribution in [-0.4, -0.2) is 9.97 Å². The lowest BCUT2D eigenvalue weighted by Gasteiger charge is -2.09. The van der Waals surface area contributed by atoms with E-state index in [1.165, 1.54) is 12.1 Å². The number of aromatic amines is 1. The van der Waals surface area contributed by atoms with Gasteiger partial charge in [-0.3, -0.25) is 0 Å². The van der Waals surface area contributed by atoms with Crippen molar-refractivity contribution in [3.63, 3.8) is 0 Å². The minimum atomic E-state index is -4.46. The van der Waals surface area contributed by atoms with Crippen molar-refractivity contribution in [2.75, 3.05) is 0 Å². The summed E-state index contributed by atoms with van der Waals surface area (Å²) in [6.07, 6.45) is -4.46. The van der Waals surface area contributed by atoms with Crippen LogP contribution >= 0.6 is 23.2 Å². The monoisotopic (exact) mass is 308 g/mol. The number of H-pyrrole nitrogens is 1. The molecule has 1 aromatic heterocycles. The largest absolute Gasteiger partial charge is 0.417 e. The van der Waals surface area contributed by atoms with Crippen LogP contribution in [0.3, 0.4) is 0 Å². The van der Waals surface area contributed by atoms with E-state index in [-0.39, 0.29) is 10.9 Å². The Balaban J connectivity index is 2.44. The smallest absolute Gasteiger partial charge is 0.342 e. The van der Waals surface area contributed by atoms with Crippen LogP contribution in [0.1, 0.15) is 17.0 Å². The van der Waals surface area contributed by atoms with Gasteiger partial charge >= 0.3 is 6.18 Å². The Morgan fingerprint density at radius 2 is 2.00 bits per heavy atom. The maximum Gasteiger partial charge on any atom is 0.417 e. The predicted molar refractivity (Wildman–Crippen MR) is 68.3 cm³/mol. The maximum atomic E-state index is 12.6. The zero-order valence-electron chi connectivity index (χ0n) is 9.78. The molecule has 0 saturated carbocycles. The van der Waals surface area contributed by atoms with Gasteiger partial charge in [0.05, 0.1) is 22.2 Å². The molecule has 0 saturated heterocycles. The van der Waals surface area contributed by atoms with E-state index >= 15 is 0 Å². The van der Waals surface area contributed by atoms with Crippen molar-refractivity contribution in [3.05, 3.63) is 40.2 Å². The Morgan fingerprint density at radius 1 is 1.32 bits per heavy atom. The number of alkyl halides is 4. The number of hydrogen-bond donors (Lipinski definition) is 1. The number of aromatic nitrogens is 2. The van der Waals surface area contributed by atoms with Gasteiger partial charge in [-0.1, -0.05) is 17.7 Å². The Hall–Kier alpha value is -1.20. The molecule has 0 spiro atoms. The number of rotatable bonds is 2. The summed E-state index contributed by atoms with van der Waals surface area (Å²) in [5.41, 5.74) is 1.06. The normalized spacial score (nSPS) is 11.9. The Kier molecular flexibility index (Phi) is 3.78. The maximum absolute atomic E-state index is 12.6. The molecule has 7 heteroatoms. The number of hydrogen-bond acceptors (Lipinski definition) is 1. The molecule has 102 valence electrons. The van der Waals surface area contributed by atoms with Crippen LogP contribution in [0, 0.1) is 6.92 Å². The molecule has 2 aromatic rings. The van der Waals surface area contributed by atoms with Crippen LogP contribution in [0.15, 0.2) is 18.2 Å². The van der Waals surface area contributed by atoms with Gasteiger partial charge in [-0.15, -0.1) is 11.6 Å². The molecule has 0 bridgehead atoms. The number of imidazole rings is 1. The lowest BCUT2D eigenvalue weighted by atomic mass is 10.1. The summed E-state index contributed by atoms with van der Waals surface area (Å²) in [5, 5.41) is -0.355. The molecule has 0 aliphatic carbocycles. The third-order valence-corrected chi connectivity index (χ3v) is 3.23. The summed E-state index contributed by atoms with van der Waals surface area (Å²) >= 11 is 11.3. The van der Waals surface area contributed by atoms with Gasteiger partial charge in [0.25, 0.3) is 0 Å². The summed E-state index contributed by atoms with van der Waals surface area (Å²) in [4.78, 5) is 7.17.